The fourth-order valence-electron chi connectivity index (χ4n) is 3.43. The summed E-state index contributed by atoms with van der Waals surface area (Å²) in [5.74, 6) is -0.123. The third kappa shape index (κ3) is 5.99. The highest BCUT2D eigenvalue weighted by Gasteiger charge is 2.29. The van der Waals surface area contributed by atoms with Crippen LogP contribution in [0.15, 0.2) is 101 Å². The normalized spacial score (nSPS) is 13.5. The van der Waals surface area contributed by atoms with Gasteiger partial charge in [0.1, 0.15) is 5.25 Å². The minimum absolute atomic E-state index is 0.123. The number of halogens is 2. The highest BCUT2D eigenvalue weighted by Crippen LogP contribution is 2.30. The van der Waals surface area contributed by atoms with Crippen molar-refractivity contribution in [3.63, 3.8) is 0 Å². The molecule has 2 atom stereocenters. The van der Waals surface area contributed by atoms with Crippen molar-refractivity contribution in [3.05, 3.63) is 113 Å². The molecule has 0 aliphatic rings. The highest BCUT2D eigenvalue weighted by molar-refractivity contribution is 7.91. The zero-order chi connectivity index (χ0) is 23.4. The van der Waals surface area contributed by atoms with E-state index in [1.165, 1.54) is 0 Å². The van der Waals surface area contributed by atoms with E-state index in [9.17, 15) is 13.0 Å². The van der Waals surface area contributed by atoms with Crippen molar-refractivity contribution < 1.29 is 13.0 Å². The van der Waals surface area contributed by atoms with Crippen molar-refractivity contribution in [3.8, 4) is 0 Å². The summed E-state index contributed by atoms with van der Waals surface area (Å²) in [6.07, 6.45) is 4.94. The Kier molecular flexibility index (Phi) is 7.46. The summed E-state index contributed by atoms with van der Waals surface area (Å²) in [5.41, 5.74) is 1.28. The maximum absolute atomic E-state index is 13.4. The summed E-state index contributed by atoms with van der Waals surface area (Å²) in [4.78, 5) is 5.23. The van der Waals surface area contributed by atoms with Crippen molar-refractivity contribution in [2.75, 3.05) is 0 Å². The van der Waals surface area contributed by atoms with Crippen LogP contribution in [0, 0.1) is 0 Å². The Balaban J connectivity index is 1.62. The lowest BCUT2D eigenvalue weighted by Crippen LogP contribution is -2.20. The molecule has 5 nitrogen and oxygen atoms in total. The maximum atomic E-state index is 13.4. The van der Waals surface area contributed by atoms with Crippen LogP contribution in [0.4, 0.5) is 0 Å². The van der Waals surface area contributed by atoms with Crippen LogP contribution in [0.2, 0.25) is 10.0 Å². The van der Waals surface area contributed by atoms with E-state index in [0.29, 0.717) is 31.0 Å². The minimum atomic E-state index is -3.59. The molecule has 0 aliphatic heterocycles. The van der Waals surface area contributed by atoms with Crippen LogP contribution in [0.3, 0.4) is 0 Å². The van der Waals surface area contributed by atoms with Crippen molar-refractivity contribution >= 4 is 44.2 Å². The Morgan fingerprint density at radius 2 is 1.42 bits per heavy atom. The quantitative estimate of drug-likeness (QED) is 0.280. The Morgan fingerprint density at radius 3 is 1.97 bits per heavy atom. The third-order valence-corrected chi connectivity index (χ3v) is 9.07. The fourth-order valence-corrected chi connectivity index (χ4v) is 6.55. The fraction of sp³-hybridized carbons (Fsp3) is 0.125. The first-order chi connectivity index (χ1) is 15.8. The van der Waals surface area contributed by atoms with E-state index in [2.05, 4.69) is 4.98 Å². The number of aromatic nitrogens is 2. The van der Waals surface area contributed by atoms with Gasteiger partial charge in [-0.15, -0.1) is 0 Å². The van der Waals surface area contributed by atoms with Gasteiger partial charge >= 0.3 is 0 Å². The van der Waals surface area contributed by atoms with E-state index < -0.39 is 26.3 Å². The molecule has 0 bridgehead atoms. The summed E-state index contributed by atoms with van der Waals surface area (Å²) < 4.78 is 41.5. The summed E-state index contributed by atoms with van der Waals surface area (Å²) >= 11 is 10.5. The number of sulfone groups is 1. The molecule has 0 aliphatic carbocycles. The van der Waals surface area contributed by atoms with Crippen molar-refractivity contribution in [1.82, 2.24) is 9.55 Å². The lowest BCUT2D eigenvalue weighted by atomic mass is 10.1. The maximum Gasteiger partial charge on any atom is 0.163 e. The van der Waals surface area contributed by atoms with Gasteiger partial charge in [-0.3, -0.25) is 0 Å². The zero-order valence-corrected chi connectivity index (χ0v) is 20.5. The molecule has 4 aromatic rings. The molecule has 4 rings (SSSR count). The lowest BCUT2D eigenvalue weighted by Gasteiger charge is -2.19. The van der Waals surface area contributed by atoms with Gasteiger partial charge in [0.15, 0.2) is 19.6 Å². The second-order valence-electron chi connectivity index (χ2n) is 7.47. The smallest absolute Gasteiger partial charge is 0.163 e. The molecule has 0 N–H and O–H groups in total. The van der Waals surface area contributed by atoms with Gasteiger partial charge in [0, 0.05) is 40.2 Å². The monoisotopic (exact) mass is 518 g/mol. The Morgan fingerprint density at radius 1 is 0.879 bits per heavy atom. The minimum Gasteiger partial charge on any atom is -0.606 e. The van der Waals surface area contributed by atoms with Gasteiger partial charge in [0.25, 0.3) is 0 Å². The molecule has 9 heteroatoms. The predicted octanol–water partition coefficient (Wildman–Crippen LogP) is 5.71. The third-order valence-electron chi connectivity index (χ3n) is 5.14. The summed E-state index contributed by atoms with van der Waals surface area (Å²) in [7, 11) is -3.59. The molecule has 170 valence electrons. The molecule has 1 aromatic heterocycles. The molecular formula is C24H20Cl2N2O3S2. The van der Waals surface area contributed by atoms with Gasteiger partial charge in [0.05, 0.1) is 12.1 Å². The highest BCUT2D eigenvalue weighted by atomic mass is 35.5. The average molecular weight is 519 g/mol. The molecule has 3 aromatic carbocycles. The van der Waals surface area contributed by atoms with Crippen molar-refractivity contribution in [1.29, 1.82) is 0 Å². The number of hydrogen-bond acceptors (Lipinski definition) is 4. The van der Waals surface area contributed by atoms with Gasteiger partial charge in [-0.25, -0.2) is 13.4 Å². The molecule has 1 heterocycles. The van der Waals surface area contributed by atoms with Gasteiger partial charge in [-0.05, 0) is 59.7 Å². The van der Waals surface area contributed by atoms with Crippen LogP contribution in [-0.2, 0) is 33.3 Å². The van der Waals surface area contributed by atoms with Gasteiger partial charge in [0.2, 0.25) is 0 Å². The molecular weight excluding hydrogens is 499 g/mol. The second kappa shape index (κ2) is 10.3. The number of rotatable bonds is 8. The number of imidazole rings is 1. The van der Waals surface area contributed by atoms with E-state index in [0.717, 1.165) is 0 Å². The van der Waals surface area contributed by atoms with Crippen molar-refractivity contribution in [2.24, 2.45) is 0 Å². The van der Waals surface area contributed by atoms with E-state index in [1.807, 2.05) is 0 Å². The van der Waals surface area contributed by atoms with Crippen molar-refractivity contribution in [2.45, 2.75) is 27.3 Å². The molecule has 0 saturated carbocycles. The molecule has 0 radical (unpaired) electrons. The second-order valence-corrected chi connectivity index (χ2v) is 12.0. The summed E-state index contributed by atoms with van der Waals surface area (Å²) in [6, 6.07) is 20.5. The molecule has 33 heavy (non-hydrogen) atoms. The van der Waals surface area contributed by atoms with Crippen LogP contribution in [-0.4, -0.2) is 22.5 Å². The van der Waals surface area contributed by atoms with Gasteiger partial charge in [-0.1, -0.05) is 47.5 Å². The topological polar surface area (TPSA) is 75.0 Å². The number of benzene rings is 3. The molecule has 0 spiro atoms. The Bertz CT molecular complexity index is 1290. The van der Waals surface area contributed by atoms with Crippen LogP contribution in [0.25, 0.3) is 0 Å². The first-order valence-electron chi connectivity index (χ1n) is 10.0. The molecule has 2 unspecified atom stereocenters. The summed E-state index contributed by atoms with van der Waals surface area (Å²) in [5, 5.41) is 0.315. The Labute approximate surface area is 206 Å². The van der Waals surface area contributed by atoms with E-state index in [1.54, 1.807) is 96.1 Å². The first kappa shape index (κ1) is 23.9. The molecule has 0 saturated heterocycles. The lowest BCUT2D eigenvalue weighted by molar-refractivity contribution is 0.561. The average Bonchev–Trinajstić information content (AvgIpc) is 3.32. The van der Waals surface area contributed by atoms with Gasteiger partial charge < -0.3 is 9.12 Å². The largest absolute Gasteiger partial charge is 0.606 e. The number of hydrogen-bond donors (Lipinski definition) is 0. The van der Waals surface area contributed by atoms with Crippen LogP contribution in [0.1, 0.15) is 16.4 Å². The molecule has 0 amide bonds. The predicted molar refractivity (Wildman–Crippen MR) is 132 cm³/mol. The van der Waals surface area contributed by atoms with Crippen LogP contribution >= 0.6 is 23.2 Å². The van der Waals surface area contributed by atoms with E-state index >= 15 is 0 Å². The Hall–Kier alpha value is -2.29. The SMILES string of the molecule is O=S(=O)(Cc1ccc(Cl)cc1)C(Cn1ccnc1)c1ccc([S+]([O-])c2ccc(Cl)cc2)cc1. The van der Waals surface area contributed by atoms with Gasteiger partial charge in [-0.2, -0.15) is 0 Å². The summed E-state index contributed by atoms with van der Waals surface area (Å²) in [6.45, 7) is 0.218. The van der Waals surface area contributed by atoms with E-state index in [4.69, 9.17) is 23.2 Å². The number of nitrogens with zero attached hydrogens (tertiary/aromatic N) is 2. The zero-order valence-electron chi connectivity index (χ0n) is 17.3. The molecule has 0 fully saturated rings. The first-order valence-corrected chi connectivity index (χ1v) is 13.6. The van der Waals surface area contributed by atoms with Crippen LogP contribution < -0.4 is 0 Å². The van der Waals surface area contributed by atoms with Crippen LogP contribution in [0.5, 0.6) is 0 Å². The standard InChI is InChI=1S/C24H20Cl2N2O3S2/c25-20-5-1-18(2-6-20)16-33(30,31)24(15-28-14-13-27-17-28)19-3-9-22(10-4-19)32(29)23-11-7-21(26)8-12-23/h1-14,17,24H,15-16H2. The van der Waals surface area contributed by atoms with E-state index in [-0.39, 0.29) is 12.3 Å².